The van der Waals surface area contributed by atoms with Crippen LogP contribution in [0.25, 0.3) is 5.69 Å². The van der Waals surface area contributed by atoms with Gasteiger partial charge >= 0.3 is 0 Å². The van der Waals surface area contributed by atoms with Crippen LogP contribution in [0.5, 0.6) is 0 Å². The van der Waals surface area contributed by atoms with Crippen LogP contribution in [0, 0.1) is 25.2 Å². The summed E-state index contributed by atoms with van der Waals surface area (Å²) in [6, 6.07) is 3.75. The summed E-state index contributed by atoms with van der Waals surface area (Å²) in [6.45, 7) is 4.03. The minimum atomic E-state index is -0.0977. The average Bonchev–Trinajstić information content (AvgIpc) is 2.94. The number of aromatic nitrogens is 3. The van der Waals surface area contributed by atoms with Gasteiger partial charge in [-0.1, -0.05) is 12.8 Å². The van der Waals surface area contributed by atoms with Gasteiger partial charge in [-0.3, -0.25) is 14.7 Å². The molecule has 0 aliphatic heterocycles. The number of hydrogen-bond donors (Lipinski definition) is 0. The van der Waals surface area contributed by atoms with Crippen molar-refractivity contribution in [3.63, 3.8) is 0 Å². The van der Waals surface area contributed by atoms with Crippen molar-refractivity contribution in [2.45, 2.75) is 13.8 Å². The normalized spacial score (nSPS) is 11.7. The minimum absolute atomic E-state index is 0.0196. The maximum Gasteiger partial charge on any atom is 0.231 e. The Kier molecular flexibility index (Phi) is 5.83. The monoisotopic (exact) mass is 328 g/mol. The van der Waals surface area contributed by atoms with Crippen molar-refractivity contribution >= 4 is 23.4 Å². The zero-order valence-electron chi connectivity index (χ0n) is 13.6. The first kappa shape index (κ1) is 17.1. The molecule has 5 nitrogen and oxygen atoms in total. The Labute approximate surface area is 141 Å². The van der Waals surface area contributed by atoms with Crippen LogP contribution >= 0.6 is 11.8 Å². The van der Waals surface area contributed by atoms with Crippen LogP contribution in [0.2, 0.25) is 0 Å². The summed E-state index contributed by atoms with van der Waals surface area (Å²) in [5.74, 6) is 3.25. The highest BCUT2D eigenvalue weighted by molar-refractivity contribution is 7.98. The molecule has 1 amide bonds. The van der Waals surface area contributed by atoms with Crippen LogP contribution in [0.15, 0.2) is 30.7 Å². The molecule has 2 rings (SSSR count). The number of rotatable bonds is 6. The van der Waals surface area contributed by atoms with Crippen LogP contribution < -0.4 is 4.90 Å². The van der Waals surface area contributed by atoms with E-state index in [-0.39, 0.29) is 18.4 Å². The molecular formula is C17H20N4OS. The third kappa shape index (κ3) is 3.93. The molecule has 0 radical (unpaired) electrons. The van der Waals surface area contributed by atoms with E-state index in [2.05, 4.69) is 16.0 Å². The van der Waals surface area contributed by atoms with E-state index >= 15 is 0 Å². The van der Waals surface area contributed by atoms with Crippen molar-refractivity contribution in [1.82, 2.24) is 14.8 Å². The average molecular weight is 328 g/mol. The largest absolute Gasteiger partial charge is 0.297 e. The summed E-state index contributed by atoms with van der Waals surface area (Å²) in [7, 11) is 0. The van der Waals surface area contributed by atoms with E-state index in [1.54, 1.807) is 33.7 Å². The van der Waals surface area contributed by atoms with Crippen molar-refractivity contribution in [3.05, 3.63) is 36.4 Å². The van der Waals surface area contributed by atoms with Gasteiger partial charge in [0.15, 0.2) is 0 Å². The van der Waals surface area contributed by atoms with Crippen LogP contribution in [-0.4, -0.2) is 39.2 Å². The minimum Gasteiger partial charge on any atom is -0.297 e. The Morgan fingerprint density at radius 2 is 2.35 bits per heavy atom. The van der Waals surface area contributed by atoms with E-state index in [1.807, 2.05) is 38.4 Å². The Morgan fingerprint density at radius 3 is 2.96 bits per heavy atom. The van der Waals surface area contributed by atoms with E-state index in [1.165, 1.54) is 0 Å². The Bertz CT molecular complexity index is 705. The molecular weight excluding hydrogens is 308 g/mol. The third-order valence-electron chi connectivity index (χ3n) is 3.43. The highest BCUT2D eigenvalue weighted by atomic mass is 32.2. The fraction of sp³-hybridized carbons (Fsp3) is 0.353. The molecule has 23 heavy (non-hydrogen) atoms. The molecule has 0 bridgehead atoms. The summed E-state index contributed by atoms with van der Waals surface area (Å²) >= 11 is 1.65. The smallest absolute Gasteiger partial charge is 0.231 e. The van der Waals surface area contributed by atoms with E-state index in [4.69, 9.17) is 6.42 Å². The van der Waals surface area contributed by atoms with Crippen molar-refractivity contribution in [3.8, 4) is 18.0 Å². The van der Waals surface area contributed by atoms with Crippen molar-refractivity contribution < 1.29 is 4.79 Å². The first-order chi connectivity index (χ1) is 11.1. The summed E-state index contributed by atoms with van der Waals surface area (Å²) in [4.78, 5) is 18.4. The summed E-state index contributed by atoms with van der Waals surface area (Å²) in [5, 5.41) is 4.48. The maximum atomic E-state index is 12.7. The van der Waals surface area contributed by atoms with Crippen LogP contribution in [-0.2, 0) is 4.79 Å². The van der Waals surface area contributed by atoms with Gasteiger partial charge in [-0.15, -0.1) is 6.42 Å². The third-order valence-corrected chi connectivity index (χ3v) is 4.26. The number of terminal acetylenes is 1. The molecule has 120 valence electrons. The van der Waals surface area contributed by atoms with Crippen molar-refractivity contribution in [2.24, 2.45) is 5.92 Å². The van der Waals surface area contributed by atoms with Crippen LogP contribution in [0.1, 0.15) is 12.6 Å². The lowest BCUT2D eigenvalue weighted by atomic mass is 10.1. The first-order valence-corrected chi connectivity index (χ1v) is 8.68. The van der Waals surface area contributed by atoms with Gasteiger partial charge in [-0.2, -0.15) is 16.9 Å². The molecule has 1 atom stereocenters. The number of carbonyl (C=O) groups excluding carboxylic acids is 1. The number of pyridine rings is 1. The molecule has 0 spiro atoms. The molecule has 0 fully saturated rings. The lowest BCUT2D eigenvalue weighted by molar-refractivity contribution is -0.121. The lowest BCUT2D eigenvalue weighted by Crippen LogP contribution is -2.36. The fourth-order valence-corrected chi connectivity index (χ4v) is 2.94. The number of hydrogen-bond acceptors (Lipinski definition) is 4. The van der Waals surface area contributed by atoms with Crippen LogP contribution in [0.4, 0.5) is 5.69 Å². The quantitative estimate of drug-likeness (QED) is 0.765. The van der Waals surface area contributed by atoms with Crippen LogP contribution in [0.3, 0.4) is 0 Å². The maximum absolute atomic E-state index is 12.7. The summed E-state index contributed by atoms with van der Waals surface area (Å²) in [5.41, 5.74) is 2.34. The zero-order chi connectivity index (χ0) is 16.8. The van der Waals surface area contributed by atoms with E-state index in [0.717, 1.165) is 22.8 Å². The summed E-state index contributed by atoms with van der Waals surface area (Å²) in [6.07, 6.45) is 12.7. The van der Waals surface area contributed by atoms with Gasteiger partial charge in [0.2, 0.25) is 5.91 Å². The second-order valence-electron chi connectivity index (χ2n) is 5.24. The number of thioether (sulfide) groups is 1. The number of carbonyl (C=O) groups is 1. The molecule has 2 heterocycles. The number of amides is 1. The Morgan fingerprint density at radius 1 is 1.57 bits per heavy atom. The molecule has 2 aromatic heterocycles. The first-order valence-electron chi connectivity index (χ1n) is 7.29. The van der Waals surface area contributed by atoms with Gasteiger partial charge in [0.1, 0.15) is 0 Å². The zero-order valence-corrected chi connectivity index (χ0v) is 14.4. The van der Waals surface area contributed by atoms with Gasteiger partial charge in [0, 0.05) is 17.9 Å². The van der Waals surface area contributed by atoms with Gasteiger partial charge < -0.3 is 0 Å². The highest BCUT2D eigenvalue weighted by Gasteiger charge is 2.24. The Hall–Kier alpha value is -2.26. The second kappa shape index (κ2) is 7.84. The molecule has 0 saturated heterocycles. The standard InChI is InChI=1S/C17H20N4OS/c1-5-9-20(17(22)13(2)12-23-4)16-11-21(19-14(16)3)15-7-6-8-18-10-15/h1,6-8,10-11,13H,9,12H2,2-4H3. The molecule has 0 aliphatic rings. The predicted molar refractivity (Wildman–Crippen MR) is 94.8 cm³/mol. The fourth-order valence-electron chi connectivity index (χ4n) is 2.30. The molecule has 6 heteroatoms. The predicted octanol–water partition coefficient (Wildman–Crippen LogP) is 2.54. The van der Waals surface area contributed by atoms with Gasteiger partial charge in [0.25, 0.3) is 0 Å². The van der Waals surface area contributed by atoms with Crippen molar-refractivity contribution in [2.75, 3.05) is 23.5 Å². The molecule has 0 aromatic carbocycles. The molecule has 1 unspecified atom stereocenters. The van der Waals surface area contributed by atoms with Gasteiger partial charge in [-0.25, -0.2) is 4.68 Å². The SMILES string of the molecule is C#CCN(C(=O)C(C)CSC)c1cn(-c2cccnc2)nc1C. The van der Waals surface area contributed by atoms with E-state index in [0.29, 0.717) is 0 Å². The Balaban J connectivity index is 2.35. The highest BCUT2D eigenvalue weighted by Crippen LogP contribution is 2.23. The van der Waals surface area contributed by atoms with E-state index < -0.39 is 0 Å². The van der Waals surface area contributed by atoms with Gasteiger partial charge in [-0.05, 0) is 25.3 Å². The molecule has 2 aromatic rings. The lowest BCUT2D eigenvalue weighted by Gasteiger charge is -2.22. The molecule has 0 aliphatic carbocycles. The molecule has 0 N–H and O–H groups in total. The topological polar surface area (TPSA) is 51.0 Å². The molecule has 0 saturated carbocycles. The van der Waals surface area contributed by atoms with Gasteiger partial charge in [0.05, 0.1) is 36.0 Å². The van der Waals surface area contributed by atoms with Crippen molar-refractivity contribution in [1.29, 1.82) is 0 Å². The number of anilines is 1. The summed E-state index contributed by atoms with van der Waals surface area (Å²) < 4.78 is 1.72. The number of nitrogens with zero attached hydrogens (tertiary/aromatic N) is 4. The van der Waals surface area contributed by atoms with E-state index in [9.17, 15) is 4.79 Å². The second-order valence-corrected chi connectivity index (χ2v) is 6.15. The number of aryl methyl sites for hydroxylation is 1.